The quantitative estimate of drug-likeness (QED) is 0.723. The molecule has 0 aromatic heterocycles. The van der Waals surface area contributed by atoms with Crippen molar-refractivity contribution in [3.05, 3.63) is 35.4 Å². The number of aliphatic imine (C=N–C) groups is 1. The number of carbonyl (C=O) groups excluding carboxylic acids is 1. The summed E-state index contributed by atoms with van der Waals surface area (Å²) in [6.07, 6.45) is 1.64. The molecule has 94 valence electrons. The van der Waals surface area contributed by atoms with Gasteiger partial charge in [0.25, 0.3) is 5.91 Å². The van der Waals surface area contributed by atoms with E-state index in [4.69, 9.17) is 5.73 Å². The van der Waals surface area contributed by atoms with E-state index in [9.17, 15) is 4.79 Å². The summed E-state index contributed by atoms with van der Waals surface area (Å²) in [4.78, 5) is 16.6. The van der Waals surface area contributed by atoms with Crippen LogP contribution in [0.1, 0.15) is 37.8 Å². The average Bonchev–Trinajstić information content (AvgIpc) is 2.61. The number of carbonyl (C=O) groups is 1. The van der Waals surface area contributed by atoms with Crippen LogP contribution in [0, 0.1) is 0 Å². The van der Waals surface area contributed by atoms with Gasteiger partial charge in [-0.25, -0.2) is 4.99 Å². The third kappa shape index (κ3) is 1.32. The Morgan fingerprint density at radius 1 is 1.22 bits per heavy atom. The Morgan fingerprint density at radius 3 is 2.50 bits per heavy atom. The highest BCUT2D eigenvalue weighted by Gasteiger charge is 2.50. The molecule has 0 saturated carbocycles. The summed E-state index contributed by atoms with van der Waals surface area (Å²) in [6, 6.07) is 8.06. The molecule has 1 aromatic rings. The minimum Gasteiger partial charge on any atom is -0.370 e. The second-order valence-electron chi connectivity index (χ2n) is 5.74. The monoisotopic (exact) mass is 243 g/mol. The third-order valence-corrected chi connectivity index (χ3v) is 4.14. The van der Waals surface area contributed by atoms with Crippen molar-refractivity contribution < 1.29 is 4.79 Å². The first-order chi connectivity index (χ1) is 8.46. The van der Waals surface area contributed by atoms with Crippen molar-refractivity contribution in [2.45, 2.75) is 37.6 Å². The van der Waals surface area contributed by atoms with Crippen LogP contribution in [0.2, 0.25) is 0 Å². The predicted molar refractivity (Wildman–Crippen MR) is 70.1 cm³/mol. The molecular formula is C14H17N3O. The second-order valence-corrected chi connectivity index (χ2v) is 5.74. The molecule has 0 radical (unpaired) electrons. The Morgan fingerprint density at radius 2 is 1.89 bits per heavy atom. The van der Waals surface area contributed by atoms with Gasteiger partial charge in [-0.05, 0) is 29.4 Å². The molecule has 4 heteroatoms. The maximum atomic E-state index is 12.2. The molecule has 0 bridgehead atoms. The minimum absolute atomic E-state index is 0.0784. The highest BCUT2D eigenvalue weighted by Crippen LogP contribution is 2.47. The maximum absolute atomic E-state index is 12.2. The first kappa shape index (κ1) is 11.3. The lowest BCUT2D eigenvalue weighted by atomic mass is 9.65. The third-order valence-electron chi connectivity index (χ3n) is 4.14. The fraction of sp³-hybridized carbons (Fsp3) is 0.429. The van der Waals surface area contributed by atoms with Crippen molar-refractivity contribution in [2.24, 2.45) is 10.7 Å². The van der Waals surface area contributed by atoms with E-state index in [1.54, 1.807) is 0 Å². The molecule has 4 nitrogen and oxygen atoms in total. The fourth-order valence-corrected chi connectivity index (χ4v) is 3.05. The summed E-state index contributed by atoms with van der Waals surface area (Å²) in [7, 11) is 0. The number of fused-ring (bicyclic) bond motifs is 2. The summed E-state index contributed by atoms with van der Waals surface area (Å²) >= 11 is 0. The lowest BCUT2D eigenvalue weighted by molar-refractivity contribution is -0.124. The Balaban J connectivity index is 2.25. The maximum Gasteiger partial charge on any atom is 0.259 e. The Bertz CT molecular complexity index is 562. The van der Waals surface area contributed by atoms with Crippen LogP contribution in [0.15, 0.2) is 29.3 Å². The molecule has 1 aliphatic carbocycles. The van der Waals surface area contributed by atoms with Gasteiger partial charge in [0, 0.05) is 0 Å². The van der Waals surface area contributed by atoms with Crippen LogP contribution >= 0.6 is 0 Å². The van der Waals surface area contributed by atoms with E-state index in [2.05, 4.69) is 30.2 Å². The van der Waals surface area contributed by atoms with E-state index in [1.807, 2.05) is 18.2 Å². The zero-order valence-corrected chi connectivity index (χ0v) is 10.7. The van der Waals surface area contributed by atoms with Crippen LogP contribution in [0.3, 0.4) is 0 Å². The van der Waals surface area contributed by atoms with Crippen LogP contribution in [0.5, 0.6) is 0 Å². The predicted octanol–water partition coefficient (Wildman–Crippen LogP) is 1.40. The van der Waals surface area contributed by atoms with Gasteiger partial charge in [0.05, 0.1) is 0 Å². The molecular weight excluding hydrogens is 226 g/mol. The highest BCUT2D eigenvalue weighted by molar-refractivity contribution is 6.07. The van der Waals surface area contributed by atoms with E-state index in [0.717, 1.165) is 12.0 Å². The SMILES string of the molecule is CC1(C)CCC2(N=C(N)NC2=O)c2ccccc21. The van der Waals surface area contributed by atoms with Gasteiger partial charge in [0.15, 0.2) is 11.5 Å². The van der Waals surface area contributed by atoms with E-state index in [0.29, 0.717) is 6.42 Å². The van der Waals surface area contributed by atoms with Crippen molar-refractivity contribution in [1.29, 1.82) is 0 Å². The molecule has 1 amide bonds. The van der Waals surface area contributed by atoms with Crippen LogP contribution in [-0.2, 0) is 15.7 Å². The van der Waals surface area contributed by atoms with Gasteiger partial charge in [0.1, 0.15) is 0 Å². The van der Waals surface area contributed by atoms with Gasteiger partial charge in [-0.3, -0.25) is 10.1 Å². The number of benzene rings is 1. The smallest absolute Gasteiger partial charge is 0.259 e. The number of hydrogen-bond acceptors (Lipinski definition) is 3. The lowest BCUT2D eigenvalue weighted by Crippen LogP contribution is -2.44. The molecule has 3 N–H and O–H groups in total. The van der Waals surface area contributed by atoms with Crippen molar-refractivity contribution in [3.63, 3.8) is 0 Å². The Kier molecular flexibility index (Phi) is 2.09. The molecule has 1 spiro atoms. The highest BCUT2D eigenvalue weighted by atomic mass is 16.2. The van der Waals surface area contributed by atoms with Crippen molar-refractivity contribution in [1.82, 2.24) is 5.32 Å². The first-order valence-corrected chi connectivity index (χ1v) is 6.22. The van der Waals surface area contributed by atoms with E-state index in [-0.39, 0.29) is 17.3 Å². The number of rotatable bonds is 0. The topological polar surface area (TPSA) is 67.5 Å². The largest absolute Gasteiger partial charge is 0.370 e. The fourth-order valence-electron chi connectivity index (χ4n) is 3.05. The van der Waals surface area contributed by atoms with Gasteiger partial charge in [-0.1, -0.05) is 38.1 Å². The molecule has 1 unspecified atom stereocenters. The number of hydrogen-bond donors (Lipinski definition) is 2. The summed E-state index contributed by atoms with van der Waals surface area (Å²) < 4.78 is 0. The summed E-state index contributed by atoms with van der Waals surface area (Å²) in [6.45, 7) is 4.41. The van der Waals surface area contributed by atoms with Crippen molar-refractivity contribution in [2.75, 3.05) is 0 Å². The Labute approximate surface area is 106 Å². The molecule has 0 saturated heterocycles. The van der Waals surface area contributed by atoms with Crippen LogP contribution in [0.4, 0.5) is 0 Å². The number of nitrogens with zero attached hydrogens (tertiary/aromatic N) is 1. The van der Waals surface area contributed by atoms with Crippen LogP contribution in [0.25, 0.3) is 0 Å². The normalized spacial score (nSPS) is 28.8. The molecule has 1 heterocycles. The molecule has 1 aliphatic heterocycles. The Hall–Kier alpha value is -1.84. The van der Waals surface area contributed by atoms with Crippen LogP contribution < -0.4 is 11.1 Å². The van der Waals surface area contributed by atoms with Gasteiger partial charge >= 0.3 is 0 Å². The molecule has 2 aliphatic rings. The van der Waals surface area contributed by atoms with Crippen molar-refractivity contribution in [3.8, 4) is 0 Å². The van der Waals surface area contributed by atoms with E-state index < -0.39 is 5.54 Å². The number of guanidine groups is 1. The van der Waals surface area contributed by atoms with Gasteiger partial charge in [0.2, 0.25) is 0 Å². The zero-order chi connectivity index (χ0) is 13.0. The van der Waals surface area contributed by atoms with Gasteiger partial charge in [-0.15, -0.1) is 0 Å². The lowest BCUT2D eigenvalue weighted by Gasteiger charge is -2.40. The van der Waals surface area contributed by atoms with Crippen LogP contribution in [-0.4, -0.2) is 11.9 Å². The zero-order valence-electron chi connectivity index (χ0n) is 10.7. The second kappa shape index (κ2) is 3.34. The standard InChI is InChI=1S/C14H17N3O/c1-13(2)7-8-14(11(18)16-12(15)17-14)10-6-4-3-5-9(10)13/h3-6H,7-8H2,1-2H3,(H3,15,16,17,18). The molecule has 0 fully saturated rings. The first-order valence-electron chi connectivity index (χ1n) is 6.22. The average molecular weight is 243 g/mol. The summed E-state index contributed by atoms with van der Waals surface area (Å²) in [5.74, 6) is 0.137. The molecule has 18 heavy (non-hydrogen) atoms. The summed E-state index contributed by atoms with van der Waals surface area (Å²) in [5, 5.41) is 2.63. The number of amides is 1. The van der Waals surface area contributed by atoms with E-state index >= 15 is 0 Å². The van der Waals surface area contributed by atoms with E-state index in [1.165, 1.54) is 5.56 Å². The number of nitrogens with two attached hydrogens (primary N) is 1. The van der Waals surface area contributed by atoms with Gasteiger partial charge in [-0.2, -0.15) is 0 Å². The molecule has 1 atom stereocenters. The summed E-state index contributed by atoms with van der Waals surface area (Å²) in [5.41, 5.74) is 7.15. The number of nitrogens with one attached hydrogen (secondary N) is 1. The minimum atomic E-state index is -0.795. The van der Waals surface area contributed by atoms with Gasteiger partial charge < -0.3 is 5.73 Å². The van der Waals surface area contributed by atoms with Crippen molar-refractivity contribution >= 4 is 11.9 Å². The molecule has 1 aromatic carbocycles. The molecule has 3 rings (SSSR count).